The maximum absolute atomic E-state index is 11.4. The van der Waals surface area contributed by atoms with Crippen LogP contribution in [-0.2, 0) is 14.3 Å². The van der Waals surface area contributed by atoms with E-state index in [4.69, 9.17) is 9.47 Å². The lowest BCUT2D eigenvalue weighted by molar-refractivity contribution is -0.148. The van der Waals surface area contributed by atoms with E-state index in [-0.39, 0.29) is 18.1 Å². The number of nitrogens with zero attached hydrogens (tertiary/aromatic N) is 1. The van der Waals surface area contributed by atoms with Crippen LogP contribution in [0.2, 0.25) is 0 Å². The van der Waals surface area contributed by atoms with Crippen LogP contribution in [0.5, 0.6) is 0 Å². The Hall–Kier alpha value is -0.610. The summed E-state index contributed by atoms with van der Waals surface area (Å²) in [5, 5.41) is 0. The molecular formula is C11H23NO3. The molecule has 0 bridgehead atoms. The van der Waals surface area contributed by atoms with Crippen LogP contribution < -0.4 is 0 Å². The molecule has 0 aromatic carbocycles. The maximum atomic E-state index is 11.4. The first-order valence-corrected chi connectivity index (χ1v) is 5.47. The van der Waals surface area contributed by atoms with Crippen molar-refractivity contribution in [1.82, 2.24) is 4.90 Å². The number of hydrogen-bond donors (Lipinski definition) is 0. The van der Waals surface area contributed by atoms with Gasteiger partial charge in [0.25, 0.3) is 0 Å². The Labute approximate surface area is 92.5 Å². The molecular weight excluding hydrogens is 194 g/mol. The summed E-state index contributed by atoms with van der Waals surface area (Å²) in [6.07, 6.45) is 0.233. The fourth-order valence-corrected chi connectivity index (χ4v) is 1.07. The summed E-state index contributed by atoms with van der Waals surface area (Å²) in [7, 11) is 1.89. The van der Waals surface area contributed by atoms with Gasteiger partial charge in [0, 0.05) is 6.54 Å². The zero-order valence-corrected chi connectivity index (χ0v) is 10.4. The topological polar surface area (TPSA) is 38.8 Å². The average Bonchev–Trinajstić information content (AvgIpc) is 2.16. The Morgan fingerprint density at radius 2 is 1.93 bits per heavy atom. The van der Waals surface area contributed by atoms with Crippen LogP contribution in [0.25, 0.3) is 0 Å². The molecule has 0 saturated carbocycles. The minimum Gasteiger partial charge on any atom is -0.465 e. The molecule has 15 heavy (non-hydrogen) atoms. The van der Waals surface area contributed by atoms with E-state index in [1.807, 2.05) is 39.6 Å². The summed E-state index contributed by atoms with van der Waals surface area (Å²) < 4.78 is 10.3. The normalized spacial score (nSPS) is 13.3. The highest BCUT2D eigenvalue weighted by Gasteiger charge is 2.18. The quantitative estimate of drug-likeness (QED) is 0.602. The molecule has 0 amide bonds. The number of esters is 1. The standard InChI is InChI=1S/C11H23NO3/c1-6-14-11(13)10(4)12(5)7-8-15-9(2)3/h9-10H,6-8H2,1-5H3. The zero-order chi connectivity index (χ0) is 11.8. The molecule has 0 heterocycles. The second-order valence-corrected chi connectivity index (χ2v) is 3.83. The Balaban J connectivity index is 3.77. The van der Waals surface area contributed by atoms with Gasteiger partial charge in [-0.2, -0.15) is 0 Å². The van der Waals surface area contributed by atoms with E-state index in [0.717, 1.165) is 6.54 Å². The van der Waals surface area contributed by atoms with Crippen LogP contribution in [0.15, 0.2) is 0 Å². The van der Waals surface area contributed by atoms with Crippen molar-refractivity contribution in [1.29, 1.82) is 0 Å². The number of ether oxygens (including phenoxy) is 2. The first-order valence-electron chi connectivity index (χ1n) is 5.47. The molecule has 0 spiro atoms. The van der Waals surface area contributed by atoms with Gasteiger partial charge in [-0.05, 0) is 34.7 Å². The van der Waals surface area contributed by atoms with Crippen LogP contribution in [0.4, 0.5) is 0 Å². The summed E-state index contributed by atoms with van der Waals surface area (Å²) in [6, 6.07) is -0.208. The Bertz CT molecular complexity index is 183. The van der Waals surface area contributed by atoms with E-state index in [1.165, 1.54) is 0 Å². The van der Waals surface area contributed by atoms with Crippen LogP contribution in [0.3, 0.4) is 0 Å². The number of carbonyl (C=O) groups excluding carboxylic acids is 1. The molecule has 0 rings (SSSR count). The Kier molecular flexibility index (Phi) is 7.34. The molecule has 0 aromatic heterocycles. The van der Waals surface area contributed by atoms with E-state index in [1.54, 1.807) is 0 Å². The Morgan fingerprint density at radius 1 is 1.33 bits per heavy atom. The molecule has 0 aliphatic carbocycles. The van der Waals surface area contributed by atoms with Crippen molar-refractivity contribution in [2.75, 3.05) is 26.8 Å². The fraction of sp³-hybridized carbons (Fsp3) is 0.909. The molecule has 0 aromatic rings. The predicted octanol–water partition coefficient (Wildman–Crippen LogP) is 1.29. The van der Waals surface area contributed by atoms with E-state index < -0.39 is 0 Å². The first-order chi connectivity index (χ1) is 6.99. The summed E-state index contributed by atoms with van der Waals surface area (Å²) in [6.45, 7) is 9.44. The van der Waals surface area contributed by atoms with Gasteiger partial charge >= 0.3 is 5.97 Å². The van der Waals surface area contributed by atoms with Crippen molar-refractivity contribution in [2.45, 2.75) is 39.8 Å². The third-order valence-electron chi connectivity index (χ3n) is 2.18. The summed E-state index contributed by atoms with van der Waals surface area (Å²) >= 11 is 0. The highest BCUT2D eigenvalue weighted by molar-refractivity contribution is 5.75. The molecule has 1 atom stereocenters. The van der Waals surface area contributed by atoms with Gasteiger partial charge in [-0.25, -0.2) is 0 Å². The molecule has 90 valence electrons. The number of carbonyl (C=O) groups is 1. The second-order valence-electron chi connectivity index (χ2n) is 3.83. The van der Waals surface area contributed by atoms with Gasteiger partial charge in [-0.1, -0.05) is 0 Å². The largest absolute Gasteiger partial charge is 0.465 e. The zero-order valence-electron chi connectivity index (χ0n) is 10.4. The molecule has 0 radical (unpaired) electrons. The smallest absolute Gasteiger partial charge is 0.323 e. The fourth-order valence-electron chi connectivity index (χ4n) is 1.07. The van der Waals surface area contributed by atoms with Crippen LogP contribution in [0, 0.1) is 0 Å². The monoisotopic (exact) mass is 217 g/mol. The second kappa shape index (κ2) is 7.65. The van der Waals surface area contributed by atoms with Crippen molar-refractivity contribution in [2.24, 2.45) is 0 Å². The van der Waals surface area contributed by atoms with Gasteiger partial charge in [0.15, 0.2) is 0 Å². The van der Waals surface area contributed by atoms with Gasteiger partial charge in [-0.3, -0.25) is 9.69 Å². The lowest BCUT2D eigenvalue weighted by atomic mass is 10.3. The van der Waals surface area contributed by atoms with Crippen LogP contribution in [-0.4, -0.2) is 49.8 Å². The summed E-state index contributed by atoms with van der Waals surface area (Å²) in [5.41, 5.74) is 0. The first kappa shape index (κ1) is 14.4. The molecule has 0 fully saturated rings. The SMILES string of the molecule is CCOC(=O)C(C)N(C)CCOC(C)C. The Morgan fingerprint density at radius 3 is 2.40 bits per heavy atom. The third-order valence-corrected chi connectivity index (χ3v) is 2.18. The highest BCUT2D eigenvalue weighted by atomic mass is 16.5. The van der Waals surface area contributed by atoms with E-state index in [0.29, 0.717) is 13.2 Å². The van der Waals surface area contributed by atoms with Crippen molar-refractivity contribution in [3.05, 3.63) is 0 Å². The van der Waals surface area contributed by atoms with E-state index in [2.05, 4.69) is 0 Å². The van der Waals surface area contributed by atoms with Gasteiger partial charge in [0.1, 0.15) is 6.04 Å². The van der Waals surface area contributed by atoms with Crippen molar-refractivity contribution in [3.63, 3.8) is 0 Å². The lowest BCUT2D eigenvalue weighted by Gasteiger charge is -2.23. The van der Waals surface area contributed by atoms with Gasteiger partial charge in [-0.15, -0.1) is 0 Å². The number of rotatable bonds is 7. The van der Waals surface area contributed by atoms with Crippen molar-refractivity contribution in [3.8, 4) is 0 Å². The van der Waals surface area contributed by atoms with Gasteiger partial charge < -0.3 is 9.47 Å². The lowest BCUT2D eigenvalue weighted by Crippen LogP contribution is -2.39. The predicted molar refractivity (Wildman–Crippen MR) is 59.8 cm³/mol. The van der Waals surface area contributed by atoms with Crippen molar-refractivity contribution < 1.29 is 14.3 Å². The van der Waals surface area contributed by atoms with E-state index >= 15 is 0 Å². The molecule has 0 N–H and O–H groups in total. The van der Waals surface area contributed by atoms with Crippen molar-refractivity contribution >= 4 is 5.97 Å². The van der Waals surface area contributed by atoms with Gasteiger partial charge in [0.05, 0.1) is 19.3 Å². The molecule has 0 aliphatic heterocycles. The van der Waals surface area contributed by atoms with E-state index in [9.17, 15) is 4.79 Å². The maximum Gasteiger partial charge on any atom is 0.323 e. The molecule has 4 nitrogen and oxygen atoms in total. The summed E-state index contributed by atoms with van der Waals surface area (Å²) in [4.78, 5) is 13.3. The summed E-state index contributed by atoms with van der Waals surface area (Å²) in [5.74, 6) is -0.176. The number of likely N-dealkylation sites (N-methyl/N-ethyl adjacent to an activating group) is 1. The third kappa shape index (κ3) is 6.47. The average molecular weight is 217 g/mol. The minimum atomic E-state index is -0.208. The highest BCUT2D eigenvalue weighted by Crippen LogP contribution is 1.99. The van der Waals surface area contributed by atoms with Crippen LogP contribution in [0.1, 0.15) is 27.7 Å². The molecule has 1 unspecified atom stereocenters. The molecule has 0 aliphatic rings. The minimum absolute atomic E-state index is 0.176. The van der Waals surface area contributed by atoms with Gasteiger partial charge in [0.2, 0.25) is 0 Å². The van der Waals surface area contributed by atoms with Crippen LogP contribution >= 0.6 is 0 Å². The molecule has 4 heteroatoms. The number of hydrogen-bond acceptors (Lipinski definition) is 4. The molecule has 0 saturated heterocycles.